The number of nitrogens with one attached hydrogen (secondary N) is 1. The standard InChI is InChI=1S/C35H43ClN2O8S/c1-6-16-38(40)35(39)37-15-7-8-23-19-24(20-30(41-2)33(23)45-17-18-47-27-11-9-26(36)10-12-27)28-13-14-29(46-28)25-21-31(42-3)34(44-5)32(22-25)43-4/h7,9-12,15,19-22,28-29,40H,6,8,13-14,16-18H2,1-5H3,(H,37,39)/b15-7+. The molecule has 2 atom stereocenters. The minimum absolute atomic E-state index is 0.177. The van der Waals surface area contributed by atoms with E-state index in [0.29, 0.717) is 64.0 Å². The summed E-state index contributed by atoms with van der Waals surface area (Å²) >= 11 is 7.69. The highest BCUT2D eigenvalue weighted by Crippen LogP contribution is 2.47. The molecule has 12 heteroatoms. The number of methoxy groups -OCH3 is 4. The second-order valence-corrected chi connectivity index (χ2v) is 12.3. The van der Waals surface area contributed by atoms with Gasteiger partial charge in [-0.3, -0.25) is 5.21 Å². The first-order chi connectivity index (χ1) is 22.8. The van der Waals surface area contributed by atoms with Crippen LogP contribution in [0.4, 0.5) is 4.79 Å². The van der Waals surface area contributed by atoms with Crippen molar-refractivity contribution in [3.8, 4) is 28.7 Å². The van der Waals surface area contributed by atoms with Crippen molar-refractivity contribution in [1.82, 2.24) is 10.4 Å². The van der Waals surface area contributed by atoms with Crippen LogP contribution in [0.3, 0.4) is 0 Å². The number of carbonyl (C=O) groups is 1. The molecule has 2 unspecified atom stereocenters. The molecule has 3 aromatic rings. The predicted molar refractivity (Wildman–Crippen MR) is 183 cm³/mol. The van der Waals surface area contributed by atoms with Gasteiger partial charge in [-0.15, -0.1) is 11.8 Å². The minimum atomic E-state index is -0.595. The molecule has 0 radical (unpaired) electrons. The quantitative estimate of drug-likeness (QED) is 0.0671. The van der Waals surface area contributed by atoms with Crippen LogP contribution < -0.4 is 29.0 Å². The Balaban J connectivity index is 1.54. The third kappa shape index (κ3) is 9.63. The number of halogens is 1. The zero-order valence-corrected chi connectivity index (χ0v) is 29.0. The third-order valence-corrected chi connectivity index (χ3v) is 8.80. The Morgan fingerprint density at radius 2 is 1.55 bits per heavy atom. The van der Waals surface area contributed by atoms with Gasteiger partial charge < -0.3 is 33.7 Å². The number of nitrogens with zero attached hydrogens (tertiary/aromatic N) is 1. The first kappa shape index (κ1) is 36.1. The van der Waals surface area contributed by atoms with E-state index in [4.69, 9.17) is 40.0 Å². The molecular weight excluding hydrogens is 644 g/mol. The first-order valence-electron chi connectivity index (χ1n) is 15.4. The maximum absolute atomic E-state index is 12.1. The lowest BCUT2D eigenvalue weighted by atomic mass is 9.99. The molecule has 2 amide bonds. The average Bonchev–Trinajstić information content (AvgIpc) is 3.59. The average molecular weight is 687 g/mol. The molecule has 10 nitrogen and oxygen atoms in total. The lowest BCUT2D eigenvalue weighted by molar-refractivity contribution is -0.0415. The number of amides is 2. The largest absolute Gasteiger partial charge is 0.493 e. The van der Waals surface area contributed by atoms with E-state index in [1.54, 1.807) is 46.3 Å². The molecule has 4 rings (SSSR count). The lowest BCUT2D eigenvalue weighted by Gasteiger charge is -2.20. The number of thioether (sulfide) groups is 1. The number of rotatable bonds is 16. The van der Waals surface area contributed by atoms with Crippen LogP contribution >= 0.6 is 23.4 Å². The van der Waals surface area contributed by atoms with E-state index in [2.05, 4.69) is 11.4 Å². The van der Waals surface area contributed by atoms with Crippen LogP contribution in [0, 0.1) is 0 Å². The summed E-state index contributed by atoms with van der Waals surface area (Å²) in [7, 11) is 6.39. The fourth-order valence-corrected chi connectivity index (χ4v) is 6.15. The number of hydrogen-bond donors (Lipinski definition) is 2. The van der Waals surface area contributed by atoms with Crippen LogP contribution in [0.2, 0.25) is 5.02 Å². The van der Waals surface area contributed by atoms with Crippen LogP contribution in [0.15, 0.2) is 65.7 Å². The Morgan fingerprint density at radius 3 is 2.13 bits per heavy atom. The van der Waals surface area contributed by atoms with Gasteiger partial charge in [-0.25, -0.2) is 9.86 Å². The van der Waals surface area contributed by atoms with E-state index < -0.39 is 6.03 Å². The van der Waals surface area contributed by atoms with Crippen LogP contribution in [-0.4, -0.2) is 63.6 Å². The zero-order valence-electron chi connectivity index (χ0n) is 27.4. The number of hydroxylamine groups is 2. The number of hydrogen-bond acceptors (Lipinski definition) is 9. The molecule has 0 saturated carbocycles. The van der Waals surface area contributed by atoms with Gasteiger partial charge in [0.05, 0.1) is 47.3 Å². The number of allylic oxidation sites excluding steroid dienone is 1. The van der Waals surface area contributed by atoms with Gasteiger partial charge in [-0.2, -0.15) is 0 Å². The number of benzene rings is 3. The van der Waals surface area contributed by atoms with E-state index in [9.17, 15) is 10.0 Å². The van der Waals surface area contributed by atoms with E-state index in [-0.39, 0.29) is 18.8 Å². The number of carbonyl (C=O) groups excluding carboxylic acids is 1. The van der Waals surface area contributed by atoms with Crippen molar-refractivity contribution in [3.05, 3.63) is 82.5 Å². The second-order valence-electron chi connectivity index (χ2n) is 10.7. The fourth-order valence-electron chi connectivity index (χ4n) is 5.29. The zero-order chi connectivity index (χ0) is 33.8. The third-order valence-electron chi connectivity index (χ3n) is 7.57. The number of urea groups is 1. The topological polar surface area (TPSA) is 108 Å². The van der Waals surface area contributed by atoms with Crippen LogP contribution in [0.25, 0.3) is 0 Å². The first-order valence-corrected chi connectivity index (χ1v) is 16.8. The van der Waals surface area contributed by atoms with Gasteiger partial charge >= 0.3 is 6.03 Å². The monoisotopic (exact) mass is 686 g/mol. The van der Waals surface area contributed by atoms with Gasteiger partial charge in [0.25, 0.3) is 0 Å². The molecule has 1 aliphatic heterocycles. The Hall–Kier alpha value is -3.77. The number of ether oxygens (including phenoxy) is 6. The summed E-state index contributed by atoms with van der Waals surface area (Å²) in [5, 5.41) is 13.8. The highest BCUT2D eigenvalue weighted by molar-refractivity contribution is 7.99. The Labute approximate surface area is 285 Å². The van der Waals surface area contributed by atoms with E-state index in [1.807, 2.05) is 49.4 Å². The Kier molecular flexibility index (Phi) is 13.8. The van der Waals surface area contributed by atoms with E-state index >= 15 is 0 Å². The van der Waals surface area contributed by atoms with Crippen LogP contribution in [-0.2, 0) is 11.2 Å². The summed E-state index contributed by atoms with van der Waals surface area (Å²) in [5.74, 6) is 3.61. The molecule has 254 valence electrons. The molecule has 1 heterocycles. The fraction of sp³-hybridized carbons (Fsp3) is 0.400. The van der Waals surface area contributed by atoms with Crippen LogP contribution in [0.5, 0.6) is 28.7 Å². The summed E-state index contributed by atoms with van der Waals surface area (Å²) in [6.07, 6.45) is 5.62. The molecule has 1 fully saturated rings. The predicted octanol–water partition coefficient (Wildman–Crippen LogP) is 8.01. The molecule has 0 aromatic heterocycles. The van der Waals surface area contributed by atoms with Crippen molar-refractivity contribution < 1.29 is 38.4 Å². The van der Waals surface area contributed by atoms with Gasteiger partial charge in [0.2, 0.25) is 5.75 Å². The van der Waals surface area contributed by atoms with Gasteiger partial charge in [0.15, 0.2) is 23.0 Å². The van der Waals surface area contributed by atoms with Crippen LogP contribution in [0.1, 0.15) is 55.1 Å². The maximum Gasteiger partial charge on any atom is 0.345 e. The van der Waals surface area contributed by atoms with E-state index in [1.165, 1.54) is 6.20 Å². The second kappa shape index (κ2) is 18.0. The highest BCUT2D eigenvalue weighted by atomic mass is 35.5. The van der Waals surface area contributed by atoms with Crippen molar-refractivity contribution in [2.24, 2.45) is 0 Å². The lowest BCUT2D eigenvalue weighted by Crippen LogP contribution is -2.35. The summed E-state index contributed by atoms with van der Waals surface area (Å²) in [4.78, 5) is 13.2. The normalized spacial score (nSPS) is 15.8. The summed E-state index contributed by atoms with van der Waals surface area (Å²) in [5.41, 5.74) is 2.76. The van der Waals surface area contributed by atoms with Crippen molar-refractivity contribution in [1.29, 1.82) is 0 Å². The summed E-state index contributed by atoms with van der Waals surface area (Å²) in [6.45, 7) is 2.56. The highest BCUT2D eigenvalue weighted by Gasteiger charge is 2.31. The molecule has 0 spiro atoms. The molecule has 1 aliphatic rings. The smallest absolute Gasteiger partial charge is 0.345 e. The molecular formula is C35H43ClN2O8S. The molecule has 1 saturated heterocycles. The molecule has 0 aliphatic carbocycles. The van der Waals surface area contributed by atoms with E-state index in [0.717, 1.165) is 34.4 Å². The minimum Gasteiger partial charge on any atom is -0.493 e. The van der Waals surface area contributed by atoms with Gasteiger partial charge in [-0.05, 0) is 85.3 Å². The molecule has 3 aromatic carbocycles. The molecule has 2 N–H and O–H groups in total. The molecule has 0 bridgehead atoms. The Morgan fingerprint density at radius 1 is 0.957 bits per heavy atom. The van der Waals surface area contributed by atoms with Gasteiger partial charge in [0, 0.05) is 34.0 Å². The van der Waals surface area contributed by atoms with Crippen molar-refractivity contribution in [3.63, 3.8) is 0 Å². The maximum atomic E-state index is 12.1. The summed E-state index contributed by atoms with van der Waals surface area (Å²) in [6, 6.07) is 15.0. The van der Waals surface area contributed by atoms with Gasteiger partial charge in [0.1, 0.15) is 0 Å². The van der Waals surface area contributed by atoms with Crippen molar-refractivity contribution in [2.75, 3.05) is 47.3 Å². The van der Waals surface area contributed by atoms with Crippen molar-refractivity contribution in [2.45, 2.75) is 49.7 Å². The summed E-state index contributed by atoms with van der Waals surface area (Å²) < 4.78 is 35.3. The van der Waals surface area contributed by atoms with Gasteiger partial charge in [-0.1, -0.05) is 24.6 Å². The van der Waals surface area contributed by atoms with Crippen molar-refractivity contribution >= 4 is 29.4 Å². The SMILES string of the molecule is CCCN(O)C(=O)N/C=C/Cc1cc(C2CCC(c3cc(OC)c(OC)c(OC)c3)O2)cc(OC)c1OCCSc1ccc(Cl)cc1. The Bertz CT molecular complexity index is 1480. The molecule has 47 heavy (non-hydrogen) atoms.